The number of carbonyl (C=O) groups is 2. The lowest BCUT2D eigenvalue weighted by molar-refractivity contribution is -0.143. The molecule has 1 N–H and O–H groups in total. The van der Waals surface area contributed by atoms with Gasteiger partial charge in [-0.25, -0.2) is 0 Å². The SMILES string of the molecule is CC1CCC(C(=O)O)CN1C(=O)c1cc(-c2ccccc2)on1. The fourth-order valence-corrected chi connectivity index (χ4v) is 2.85. The van der Waals surface area contributed by atoms with Crippen molar-refractivity contribution < 1.29 is 19.2 Å². The molecule has 0 saturated carbocycles. The minimum absolute atomic E-state index is 0.00465. The van der Waals surface area contributed by atoms with Crippen LogP contribution in [0.2, 0.25) is 0 Å². The molecule has 23 heavy (non-hydrogen) atoms. The van der Waals surface area contributed by atoms with E-state index in [0.29, 0.717) is 18.6 Å². The molecule has 0 spiro atoms. The van der Waals surface area contributed by atoms with Crippen LogP contribution in [0.3, 0.4) is 0 Å². The van der Waals surface area contributed by atoms with Gasteiger partial charge in [-0.2, -0.15) is 0 Å². The maximum absolute atomic E-state index is 12.6. The van der Waals surface area contributed by atoms with Crippen molar-refractivity contribution in [2.45, 2.75) is 25.8 Å². The maximum Gasteiger partial charge on any atom is 0.308 e. The van der Waals surface area contributed by atoms with Crippen LogP contribution in [0.4, 0.5) is 0 Å². The van der Waals surface area contributed by atoms with E-state index >= 15 is 0 Å². The molecule has 2 aromatic rings. The Hall–Kier alpha value is -2.63. The Balaban J connectivity index is 1.80. The number of nitrogens with zero attached hydrogens (tertiary/aromatic N) is 2. The Bertz CT molecular complexity index is 710. The second kappa shape index (κ2) is 6.24. The molecule has 2 unspecified atom stereocenters. The van der Waals surface area contributed by atoms with Crippen LogP contribution in [-0.4, -0.2) is 39.6 Å². The van der Waals surface area contributed by atoms with Crippen molar-refractivity contribution in [3.63, 3.8) is 0 Å². The summed E-state index contributed by atoms with van der Waals surface area (Å²) < 4.78 is 5.26. The topological polar surface area (TPSA) is 83.6 Å². The van der Waals surface area contributed by atoms with Crippen LogP contribution >= 0.6 is 0 Å². The quantitative estimate of drug-likeness (QED) is 0.941. The third-order valence-electron chi connectivity index (χ3n) is 4.28. The summed E-state index contributed by atoms with van der Waals surface area (Å²) in [6, 6.07) is 11.0. The number of rotatable bonds is 3. The van der Waals surface area contributed by atoms with Crippen molar-refractivity contribution in [2.24, 2.45) is 5.92 Å². The maximum atomic E-state index is 12.6. The van der Waals surface area contributed by atoms with Gasteiger partial charge in [0.2, 0.25) is 0 Å². The van der Waals surface area contributed by atoms with Crippen molar-refractivity contribution >= 4 is 11.9 Å². The van der Waals surface area contributed by atoms with Crippen molar-refractivity contribution in [3.8, 4) is 11.3 Å². The third kappa shape index (κ3) is 3.11. The smallest absolute Gasteiger partial charge is 0.308 e. The van der Waals surface area contributed by atoms with Crippen molar-refractivity contribution in [1.82, 2.24) is 10.1 Å². The number of piperidine rings is 1. The lowest BCUT2D eigenvalue weighted by Crippen LogP contribution is -2.47. The highest BCUT2D eigenvalue weighted by Gasteiger charge is 2.34. The first kappa shape index (κ1) is 15.3. The summed E-state index contributed by atoms with van der Waals surface area (Å²) in [6.07, 6.45) is 1.26. The van der Waals surface area contributed by atoms with Crippen LogP contribution in [0.25, 0.3) is 11.3 Å². The molecular weight excluding hydrogens is 296 g/mol. The third-order valence-corrected chi connectivity index (χ3v) is 4.28. The van der Waals surface area contributed by atoms with Crippen molar-refractivity contribution in [2.75, 3.05) is 6.54 Å². The van der Waals surface area contributed by atoms with Gasteiger partial charge in [0.1, 0.15) is 0 Å². The van der Waals surface area contributed by atoms with Gasteiger partial charge in [0.05, 0.1) is 5.92 Å². The van der Waals surface area contributed by atoms with E-state index in [-0.39, 0.29) is 24.2 Å². The van der Waals surface area contributed by atoms with Gasteiger partial charge in [-0.1, -0.05) is 35.5 Å². The molecule has 1 fully saturated rings. The molecule has 0 aliphatic carbocycles. The molecule has 1 saturated heterocycles. The summed E-state index contributed by atoms with van der Waals surface area (Å²) in [5.74, 6) is -1.14. The van der Waals surface area contributed by atoms with Crippen molar-refractivity contribution in [3.05, 3.63) is 42.1 Å². The molecule has 1 aromatic heterocycles. The first-order valence-electron chi connectivity index (χ1n) is 7.62. The van der Waals surface area contributed by atoms with E-state index in [0.717, 1.165) is 5.56 Å². The summed E-state index contributed by atoms with van der Waals surface area (Å²) in [7, 11) is 0. The monoisotopic (exact) mass is 314 g/mol. The standard InChI is InChI=1S/C17H18N2O4/c1-11-7-8-13(17(21)22)10-19(11)16(20)14-9-15(23-18-14)12-5-3-2-4-6-12/h2-6,9,11,13H,7-8,10H2,1H3,(H,21,22). The van der Waals surface area contributed by atoms with E-state index < -0.39 is 11.9 Å². The van der Waals surface area contributed by atoms with Crippen molar-refractivity contribution in [1.29, 1.82) is 0 Å². The molecule has 2 atom stereocenters. The highest BCUT2D eigenvalue weighted by molar-refractivity contribution is 5.93. The van der Waals surface area contributed by atoms with Gasteiger partial charge in [-0.05, 0) is 19.8 Å². The zero-order chi connectivity index (χ0) is 16.4. The summed E-state index contributed by atoms with van der Waals surface area (Å²) >= 11 is 0. The summed E-state index contributed by atoms with van der Waals surface area (Å²) in [6.45, 7) is 2.14. The number of aliphatic carboxylic acids is 1. The summed E-state index contributed by atoms with van der Waals surface area (Å²) in [5, 5.41) is 13.0. The van der Waals surface area contributed by atoms with Gasteiger partial charge in [-0.15, -0.1) is 0 Å². The number of benzene rings is 1. The molecule has 6 heteroatoms. The predicted molar refractivity (Wildman–Crippen MR) is 82.8 cm³/mol. The van der Waals surface area contributed by atoms with Crippen LogP contribution in [0, 0.1) is 5.92 Å². The highest BCUT2D eigenvalue weighted by Crippen LogP contribution is 2.25. The summed E-state index contributed by atoms with van der Waals surface area (Å²) in [4.78, 5) is 25.4. The second-order valence-corrected chi connectivity index (χ2v) is 5.86. The fourth-order valence-electron chi connectivity index (χ4n) is 2.85. The molecule has 6 nitrogen and oxygen atoms in total. The van der Waals surface area contributed by atoms with Gasteiger partial charge in [-0.3, -0.25) is 9.59 Å². The second-order valence-electron chi connectivity index (χ2n) is 5.86. The number of hydrogen-bond donors (Lipinski definition) is 1. The number of carbonyl (C=O) groups excluding carboxylic acids is 1. The number of aromatic nitrogens is 1. The van der Waals surface area contributed by atoms with E-state index in [1.165, 1.54) is 0 Å². The molecule has 2 heterocycles. The van der Waals surface area contributed by atoms with Gasteiger partial charge in [0.25, 0.3) is 5.91 Å². The largest absolute Gasteiger partial charge is 0.481 e. The van der Waals surface area contributed by atoms with Crippen LogP contribution in [0.5, 0.6) is 0 Å². The molecule has 1 aromatic carbocycles. The van der Waals surface area contributed by atoms with Crippen LogP contribution < -0.4 is 0 Å². The number of hydrogen-bond acceptors (Lipinski definition) is 4. The highest BCUT2D eigenvalue weighted by atomic mass is 16.5. The van der Waals surface area contributed by atoms with Gasteiger partial charge in [0, 0.05) is 24.2 Å². The average Bonchev–Trinajstić information content (AvgIpc) is 3.05. The Labute approximate surface area is 133 Å². The molecular formula is C17H18N2O4. The van der Waals surface area contributed by atoms with Crippen LogP contribution in [0.1, 0.15) is 30.3 Å². The lowest BCUT2D eigenvalue weighted by Gasteiger charge is -2.35. The van der Waals surface area contributed by atoms with Crippen LogP contribution in [0.15, 0.2) is 40.9 Å². The van der Waals surface area contributed by atoms with Gasteiger partial charge >= 0.3 is 5.97 Å². The number of likely N-dealkylation sites (tertiary alicyclic amines) is 1. The molecule has 0 radical (unpaired) electrons. The Morgan fingerprint density at radius 1 is 1.26 bits per heavy atom. The van der Waals surface area contributed by atoms with Crippen LogP contribution in [-0.2, 0) is 4.79 Å². The molecule has 120 valence electrons. The first-order chi connectivity index (χ1) is 11.1. The Morgan fingerprint density at radius 2 is 2.00 bits per heavy atom. The zero-order valence-electron chi connectivity index (χ0n) is 12.8. The number of carboxylic acids is 1. The Kier molecular flexibility index (Phi) is 4.14. The molecule has 1 aliphatic rings. The van der Waals surface area contributed by atoms with E-state index in [1.54, 1.807) is 11.0 Å². The lowest BCUT2D eigenvalue weighted by atomic mass is 9.93. The minimum atomic E-state index is -0.861. The summed E-state index contributed by atoms with van der Waals surface area (Å²) in [5.41, 5.74) is 1.05. The fraction of sp³-hybridized carbons (Fsp3) is 0.353. The first-order valence-corrected chi connectivity index (χ1v) is 7.62. The molecule has 1 aliphatic heterocycles. The predicted octanol–water partition coefficient (Wildman–Crippen LogP) is 2.67. The Morgan fingerprint density at radius 3 is 2.70 bits per heavy atom. The van der Waals surface area contributed by atoms with E-state index in [9.17, 15) is 14.7 Å². The molecule has 1 amide bonds. The van der Waals surface area contributed by atoms with Gasteiger partial charge < -0.3 is 14.5 Å². The zero-order valence-corrected chi connectivity index (χ0v) is 12.8. The number of amides is 1. The van der Waals surface area contributed by atoms with E-state index in [1.807, 2.05) is 37.3 Å². The van der Waals surface area contributed by atoms with E-state index in [4.69, 9.17) is 4.52 Å². The number of carboxylic acid groups (broad SMARTS) is 1. The molecule has 0 bridgehead atoms. The molecule has 3 rings (SSSR count). The van der Waals surface area contributed by atoms with E-state index in [2.05, 4.69) is 5.16 Å². The van der Waals surface area contributed by atoms with Gasteiger partial charge in [0.15, 0.2) is 11.5 Å². The minimum Gasteiger partial charge on any atom is -0.481 e. The average molecular weight is 314 g/mol. The normalized spacial score (nSPS) is 21.2.